The highest BCUT2D eigenvalue weighted by atomic mass is 16.5. The highest BCUT2D eigenvalue weighted by molar-refractivity contribution is 5.80. The number of hydrogen-bond donors (Lipinski definition) is 1. The predicted octanol–water partition coefficient (Wildman–Crippen LogP) is 0.149. The molecule has 2 N–H and O–H groups in total. The van der Waals surface area contributed by atoms with Crippen molar-refractivity contribution in [3.63, 3.8) is 0 Å². The lowest BCUT2D eigenvalue weighted by Crippen LogP contribution is -2.54. The van der Waals surface area contributed by atoms with Crippen molar-refractivity contribution in [1.29, 1.82) is 0 Å². The fourth-order valence-electron chi connectivity index (χ4n) is 2.67. The molecule has 0 saturated carbocycles. The smallest absolute Gasteiger partial charge is 0.327 e. The summed E-state index contributed by atoms with van der Waals surface area (Å²) in [4.78, 5) is 16.3. The van der Waals surface area contributed by atoms with Gasteiger partial charge in [0, 0.05) is 25.7 Å². The number of likely N-dealkylation sites (tertiary alicyclic amines) is 1. The van der Waals surface area contributed by atoms with Crippen molar-refractivity contribution in [1.82, 2.24) is 9.80 Å². The van der Waals surface area contributed by atoms with E-state index in [4.69, 9.17) is 10.5 Å². The Morgan fingerprint density at radius 3 is 2.56 bits per heavy atom. The van der Waals surface area contributed by atoms with Gasteiger partial charge in [-0.3, -0.25) is 9.69 Å². The molecule has 1 rings (SSSR count). The molecule has 106 valence electrons. The van der Waals surface area contributed by atoms with Crippen molar-refractivity contribution in [2.24, 2.45) is 11.7 Å². The SMILES string of the molecule is CCOC(=O)C(C)(N)CN1CC(C)C(N(C)C)C1. The molecule has 0 radical (unpaired) electrons. The van der Waals surface area contributed by atoms with E-state index in [-0.39, 0.29) is 5.97 Å². The van der Waals surface area contributed by atoms with E-state index < -0.39 is 5.54 Å². The molecule has 0 aromatic heterocycles. The lowest BCUT2D eigenvalue weighted by atomic mass is 10.0. The molecule has 0 amide bonds. The zero-order chi connectivity index (χ0) is 13.9. The standard InChI is InChI=1S/C13H27N3O2/c1-6-18-12(17)13(3,14)9-16-7-10(2)11(8-16)15(4)5/h10-11H,6-9,14H2,1-5H3. The first kappa shape index (κ1) is 15.4. The molecule has 0 aromatic carbocycles. The Bertz CT molecular complexity index is 292. The molecule has 1 heterocycles. The van der Waals surface area contributed by atoms with E-state index in [0.29, 0.717) is 25.1 Å². The summed E-state index contributed by atoms with van der Waals surface area (Å²) in [6.07, 6.45) is 0. The number of nitrogens with two attached hydrogens (primary N) is 1. The van der Waals surface area contributed by atoms with Crippen LogP contribution in [0.4, 0.5) is 0 Å². The van der Waals surface area contributed by atoms with Crippen LogP contribution in [-0.4, -0.2) is 67.7 Å². The minimum absolute atomic E-state index is 0.314. The van der Waals surface area contributed by atoms with Crippen molar-refractivity contribution in [3.05, 3.63) is 0 Å². The third-order valence-corrected chi connectivity index (χ3v) is 3.61. The van der Waals surface area contributed by atoms with Gasteiger partial charge in [-0.05, 0) is 33.9 Å². The first-order valence-electron chi connectivity index (χ1n) is 6.62. The van der Waals surface area contributed by atoms with Crippen molar-refractivity contribution in [2.45, 2.75) is 32.4 Å². The zero-order valence-electron chi connectivity index (χ0n) is 12.3. The molecule has 5 nitrogen and oxygen atoms in total. The molecule has 0 bridgehead atoms. The first-order chi connectivity index (χ1) is 8.27. The Labute approximate surface area is 110 Å². The molecule has 1 fully saturated rings. The fourth-order valence-corrected chi connectivity index (χ4v) is 2.67. The topological polar surface area (TPSA) is 58.8 Å². The van der Waals surface area contributed by atoms with Gasteiger partial charge in [0.25, 0.3) is 0 Å². The van der Waals surface area contributed by atoms with Gasteiger partial charge < -0.3 is 15.4 Å². The second-order valence-electron chi connectivity index (χ2n) is 5.84. The Kier molecular flexibility index (Phi) is 5.13. The third-order valence-electron chi connectivity index (χ3n) is 3.61. The minimum atomic E-state index is -0.920. The lowest BCUT2D eigenvalue weighted by molar-refractivity contribution is -0.149. The second-order valence-corrected chi connectivity index (χ2v) is 5.84. The Hall–Kier alpha value is -0.650. The second kappa shape index (κ2) is 5.99. The number of esters is 1. The van der Waals surface area contributed by atoms with Crippen LogP contribution in [0.2, 0.25) is 0 Å². The summed E-state index contributed by atoms with van der Waals surface area (Å²) in [5.41, 5.74) is 5.14. The van der Waals surface area contributed by atoms with E-state index in [1.165, 1.54) is 0 Å². The molecule has 0 spiro atoms. The maximum atomic E-state index is 11.8. The number of likely N-dealkylation sites (N-methyl/N-ethyl adjacent to an activating group) is 1. The van der Waals surface area contributed by atoms with Gasteiger partial charge in [-0.2, -0.15) is 0 Å². The zero-order valence-corrected chi connectivity index (χ0v) is 12.3. The maximum Gasteiger partial charge on any atom is 0.327 e. The van der Waals surface area contributed by atoms with Crippen LogP contribution >= 0.6 is 0 Å². The number of carbonyl (C=O) groups is 1. The summed E-state index contributed by atoms with van der Waals surface area (Å²) in [6, 6.07) is 0.531. The monoisotopic (exact) mass is 257 g/mol. The number of hydrogen-bond acceptors (Lipinski definition) is 5. The Morgan fingerprint density at radius 1 is 1.50 bits per heavy atom. The highest BCUT2D eigenvalue weighted by Gasteiger charge is 2.37. The van der Waals surface area contributed by atoms with E-state index in [1.54, 1.807) is 13.8 Å². The summed E-state index contributed by atoms with van der Waals surface area (Å²) >= 11 is 0. The predicted molar refractivity (Wildman–Crippen MR) is 72.3 cm³/mol. The van der Waals surface area contributed by atoms with E-state index >= 15 is 0 Å². The molecule has 18 heavy (non-hydrogen) atoms. The van der Waals surface area contributed by atoms with Gasteiger partial charge in [-0.25, -0.2) is 0 Å². The molecule has 5 heteroatoms. The molecule has 1 aliphatic heterocycles. The summed E-state index contributed by atoms with van der Waals surface area (Å²) in [7, 11) is 4.19. The molecule has 1 aliphatic rings. The van der Waals surface area contributed by atoms with Crippen LogP contribution in [0, 0.1) is 5.92 Å². The van der Waals surface area contributed by atoms with Crippen molar-refractivity contribution < 1.29 is 9.53 Å². The summed E-state index contributed by atoms with van der Waals surface area (Å²) in [6.45, 7) is 8.66. The van der Waals surface area contributed by atoms with E-state index in [2.05, 4.69) is 30.8 Å². The molecule has 0 aromatic rings. The fraction of sp³-hybridized carbons (Fsp3) is 0.923. The molecule has 1 saturated heterocycles. The van der Waals surface area contributed by atoms with E-state index in [0.717, 1.165) is 13.1 Å². The highest BCUT2D eigenvalue weighted by Crippen LogP contribution is 2.21. The van der Waals surface area contributed by atoms with Crippen LogP contribution in [0.1, 0.15) is 20.8 Å². The first-order valence-corrected chi connectivity index (χ1v) is 6.62. The Morgan fingerprint density at radius 2 is 2.11 bits per heavy atom. The van der Waals surface area contributed by atoms with Gasteiger partial charge in [-0.15, -0.1) is 0 Å². The minimum Gasteiger partial charge on any atom is -0.465 e. The van der Waals surface area contributed by atoms with Crippen LogP contribution in [0.15, 0.2) is 0 Å². The van der Waals surface area contributed by atoms with Crippen LogP contribution < -0.4 is 5.73 Å². The van der Waals surface area contributed by atoms with Gasteiger partial charge in [0.2, 0.25) is 0 Å². The average Bonchev–Trinajstić information content (AvgIpc) is 2.59. The van der Waals surface area contributed by atoms with Crippen LogP contribution in [0.3, 0.4) is 0 Å². The number of rotatable bonds is 5. The summed E-state index contributed by atoms with van der Waals surface area (Å²) < 4.78 is 5.02. The van der Waals surface area contributed by atoms with Crippen molar-refractivity contribution >= 4 is 5.97 Å². The number of ether oxygens (including phenoxy) is 1. The summed E-state index contributed by atoms with van der Waals surface area (Å²) in [5, 5.41) is 0. The van der Waals surface area contributed by atoms with Gasteiger partial charge in [0.05, 0.1) is 6.61 Å². The molecular formula is C13H27N3O2. The normalized spacial score (nSPS) is 28.4. The van der Waals surface area contributed by atoms with Gasteiger partial charge >= 0.3 is 5.97 Å². The maximum absolute atomic E-state index is 11.8. The van der Waals surface area contributed by atoms with Crippen molar-refractivity contribution in [3.8, 4) is 0 Å². The number of nitrogens with zero attached hydrogens (tertiary/aromatic N) is 2. The largest absolute Gasteiger partial charge is 0.465 e. The number of carbonyl (C=O) groups excluding carboxylic acids is 1. The van der Waals surface area contributed by atoms with E-state index in [9.17, 15) is 4.79 Å². The van der Waals surface area contributed by atoms with Gasteiger partial charge in [0.1, 0.15) is 5.54 Å². The average molecular weight is 257 g/mol. The molecular weight excluding hydrogens is 230 g/mol. The molecule has 3 atom stereocenters. The van der Waals surface area contributed by atoms with Crippen LogP contribution in [-0.2, 0) is 9.53 Å². The molecule has 3 unspecified atom stereocenters. The van der Waals surface area contributed by atoms with Crippen LogP contribution in [0.25, 0.3) is 0 Å². The summed E-state index contributed by atoms with van der Waals surface area (Å²) in [5.74, 6) is 0.281. The quantitative estimate of drug-likeness (QED) is 0.710. The van der Waals surface area contributed by atoms with Gasteiger partial charge in [-0.1, -0.05) is 6.92 Å². The van der Waals surface area contributed by atoms with Crippen LogP contribution in [0.5, 0.6) is 0 Å². The lowest BCUT2D eigenvalue weighted by Gasteiger charge is -2.28. The molecule has 0 aliphatic carbocycles. The van der Waals surface area contributed by atoms with Gasteiger partial charge in [0.15, 0.2) is 0 Å². The van der Waals surface area contributed by atoms with E-state index in [1.807, 2.05) is 0 Å². The third kappa shape index (κ3) is 3.67. The Balaban J connectivity index is 2.56. The van der Waals surface area contributed by atoms with Crippen molar-refractivity contribution in [2.75, 3.05) is 40.3 Å².